The molecule has 0 aliphatic carbocycles. The summed E-state index contributed by atoms with van der Waals surface area (Å²) in [6.45, 7) is 1.67. The number of anilines is 1. The lowest BCUT2D eigenvalue weighted by Crippen LogP contribution is -2.36. The molecule has 3 aromatic rings. The number of fused-ring (bicyclic) bond motifs is 1. The fraction of sp³-hybridized carbons (Fsp3) is 0.312. The van der Waals surface area contributed by atoms with E-state index in [2.05, 4.69) is 24.8 Å². The van der Waals surface area contributed by atoms with Gasteiger partial charge in [-0.2, -0.15) is 0 Å². The van der Waals surface area contributed by atoms with E-state index in [0.29, 0.717) is 10.7 Å². The molecule has 0 amide bonds. The van der Waals surface area contributed by atoms with E-state index >= 15 is 0 Å². The number of hydrogen-bond donors (Lipinski definition) is 2. The maximum absolute atomic E-state index is 9.58. The Morgan fingerprint density at radius 2 is 2.00 bits per heavy atom. The molecule has 4 heterocycles. The Labute approximate surface area is 138 Å². The Morgan fingerprint density at radius 1 is 1.17 bits per heavy atom. The van der Waals surface area contributed by atoms with Gasteiger partial charge in [0.05, 0.1) is 16.6 Å². The van der Waals surface area contributed by atoms with Crippen LogP contribution in [0.5, 0.6) is 0 Å². The molecule has 7 heteroatoms. The standard InChI is InChI=1S/C16H16ClN5O/c17-11-7-13-16(19-9-11)21-15(20-13)10-1-2-14(18-8-10)22-5-3-12(23)4-6-22/h1-2,7-9,12,23H,3-6H2,(H,19,20,21). The van der Waals surface area contributed by atoms with Crippen molar-refractivity contribution in [3.05, 3.63) is 35.6 Å². The number of aromatic amines is 1. The lowest BCUT2D eigenvalue weighted by atomic mass is 10.1. The highest BCUT2D eigenvalue weighted by molar-refractivity contribution is 6.31. The van der Waals surface area contributed by atoms with Gasteiger partial charge < -0.3 is 15.0 Å². The van der Waals surface area contributed by atoms with Crippen molar-refractivity contribution in [2.75, 3.05) is 18.0 Å². The number of pyridine rings is 2. The van der Waals surface area contributed by atoms with Crippen molar-refractivity contribution in [3.63, 3.8) is 0 Å². The largest absolute Gasteiger partial charge is 0.393 e. The van der Waals surface area contributed by atoms with Gasteiger partial charge in [0, 0.05) is 31.0 Å². The summed E-state index contributed by atoms with van der Waals surface area (Å²) in [5.74, 6) is 1.65. The number of halogens is 1. The number of nitrogens with one attached hydrogen (secondary N) is 1. The molecule has 4 rings (SSSR count). The minimum Gasteiger partial charge on any atom is -0.393 e. The van der Waals surface area contributed by atoms with Crippen molar-refractivity contribution in [2.45, 2.75) is 18.9 Å². The van der Waals surface area contributed by atoms with E-state index in [-0.39, 0.29) is 6.10 Å². The predicted octanol–water partition coefficient (Wildman–Crippen LogP) is 2.63. The number of H-pyrrole nitrogens is 1. The third-order valence-electron chi connectivity index (χ3n) is 4.11. The van der Waals surface area contributed by atoms with Crippen LogP contribution >= 0.6 is 11.6 Å². The molecular formula is C16H16ClN5O. The number of aliphatic hydroxyl groups is 1. The summed E-state index contributed by atoms with van der Waals surface area (Å²) in [4.78, 5) is 18.6. The van der Waals surface area contributed by atoms with E-state index in [0.717, 1.165) is 48.7 Å². The molecule has 0 bridgehead atoms. The lowest BCUT2D eigenvalue weighted by molar-refractivity contribution is 0.145. The first kappa shape index (κ1) is 14.4. The van der Waals surface area contributed by atoms with Crippen molar-refractivity contribution in [2.24, 2.45) is 0 Å². The van der Waals surface area contributed by atoms with Crippen LogP contribution in [-0.2, 0) is 0 Å². The first-order valence-electron chi connectivity index (χ1n) is 7.60. The number of aliphatic hydroxyl groups excluding tert-OH is 1. The zero-order valence-electron chi connectivity index (χ0n) is 12.4. The fourth-order valence-corrected chi connectivity index (χ4v) is 2.98. The highest BCUT2D eigenvalue weighted by atomic mass is 35.5. The first-order valence-corrected chi connectivity index (χ1v) is 7.97. The average molecular weight is 330 g/mol. The first-order chi connectivity index (χ1) is 11.2. The van der Waals surface area contributed by atoms with Crippen molar-refractivity contribution >= 4 is 28.6 Å². The second-order valence-electron chi connectivity index (χ2n) is 5.73. The third-order valence-corrected chi connectivity index (χ3v) is 4.32. The monoisotopic (exact) mass is 329 g/mol. The van der Waals surface area contributed by atoms with Gasteiger partial charge in [0.1, 0.15) is 11.6 Å². The van der Waals surface area contributed by atoms with Gasteiger partial charge in [-0.15, -0.1) is 0 Å². The van der Waals surface area contributed by atoms with Gasteiger partial charge in [-0.25, -0.2) is 15.0 Å². The molecule has 0 radical (unpaired) electrons. The highest BCUT2D eigenvalue weighted by Crippen LogP contribution is 2.23. The van der Waals surface area contributed by atoms with Crippen LogP contribution in [0, 0.1) is 0 Å². The summed E-state index contributed by atoms with van der Waals surface area (Å²) < 4.78 is 0. The van der Waals surface area contributed by atoms with Crippen LogP contribution in [0.4, 0.5) is 5.82 Å². The Balaban J connectivity index is 1.59. The summed E-state index contributed by atoms with van der Waals surface area (Å²) in [5.41, 5.74) is 2.35. The van der Waals surface area contributed by atoms with Gasteiger partial charge in [-0.1, -0.05) is 11.6 Å². The van der Waals surface area contributed by atoms with Gasteiger partial charge in [0.2, 0.25) is 0 Å². The summed E-state index contributed by atoms with van der Waals surface area (Å²) >= 11 is 5.95. The zero-order chi connectivity index (χ0) is 15.8. The lowest BCUT2D eigenvalue weighted by Gasteiger charge is -2.30. The van der Waals surface area contributed by atoms with Crippen LogP contribution in [0.25, 0.3) is 22.6 Å². The van der Waals surface area contributed by atoms with Gasteiger partial charge >= 0.3 is 0 Å². The summed E-state index contributed by atoms with van der Waals surface area (Å²) in [6.07, 6.45) is 4.79. The third kappa shape index (κ3) is 2.87. The SMILES string of the molecule is OC1CCN(c2ccc(-c3nc4ncc(Cl)cc4[nH]3)cn2)CC1. The topological polar surface area (TPSA) is 77.9 Å². The van der Waals surface area contributed by atoms with Crippen molar-refractivity contribution in [3.8, 4) is 11.4 Å². The zero-order valence-corrected chi connectivity index (χ0v) is 13.2. The molecule has 1 saturated heterocycles. The maximum Gasteiger partial charge on any atom is 0.178 e. The molecule has 1 fully saturated rings. The number of hydrogen-bond acceptors (Lipinski definition) is 5. The molecule has 23 heavy (non-hydrogen) atoms. The van der Waals surface area contributed by atoms with Crippen LogP contribution in [0.3, 0.4) is 0 Å². The normalized spacial score (nSPS) is 16.2. The summed E-state index contributed by atoms with van der Waals surface area (Å²) in [7, 11) is 0. The van der Waals surface area contributed by atoms with Crippen molar-refractivity contribution in [1.82, 2.24) is 19.9 Å². The van der Waals surface area contributed by atoms with E-state index in [9.17, 15) is 5.11 Å². The molecule has 0 aromatic carbocycles. The van der Waals surface area contributed by atoms with Crippen LogP contribution in [0.1, 0.15) is 12.8 Å². The smallest absolute Gasteiger partial charge is 0.178 e. The Bertz CT molecular complexity index is 824. The molecule has 0 spiro atoms. The number of imidazole rings is 1. The highest BCUT2D eigenvalue weighted by Gasteiger charge is 2.18. The molecule has 1 aliphatic heterocycles. The van der Waals surface area contributed by atoms with Crippen LogP contribution in [0.15, 0.2) is 30.6 Å². The van der Waals surface area contributed by atoms with Gasteiger partial charge in [-0.3, -0.25) is 0 Å². The number of rotatable bonds is 2. The number of piperidine rings is 1. The van der Waals surface area contributed by atoms with Crippen LogP contribution in [0.2, 0.25) is 5.02 Å². The van der Waals surface area contributed by atoms with E-state index in [4.69, 9.17) is 11.6 Å². The molecular weight excluding hydrogens is 314 g/mol. The second-order valence-corrected chi connectivity index (χ2v) is 6.17. The predicted molar refractivity (Wildman–Crippen MR) is 89.6 cm³/mol. The van der Waals surface area contributed by atoms with E-state index in [1.165, 1.54) is 0 Å². The molecule has 118 valence electrons. The summed E-state index contributed by atoms with van der Waals surface area (Å²) in [6, 6.07) is 5.79. The van der Waals surface area contributed by atoms with Crippen molar-refractivity contribution in [1.29, 1.82) is 0 Å². The molecule has 3 aromatic heterocycles. The Hall–Kier alpha value is -2.18. The van der Waals surface area contributed by atoms with Crippen LogP contribution < -0.4 is 4.90 Å². The molecule has 1 aliphatic rings. The fourth-order valence-electron chi connectivity index (χ4n) is 2.82. The minimum atomic E-state index is -0.180. The van der Waals surface area contributed by atoms with Gasteiger partial charge in [0.15, 0.2) is 5.65 Å². The van der Waals surface area contributed by atoms with Gasteiger partial charge in [0.25, 0.3) is 0 Å². The average Bonchev–Trinajstić information content (AvgIpc) is 2.99. The summed E-state index contributed by atoms with van der Waals surface area (Å²) in [5, 5.41) is 10.2. The second kappa shape index (κ2) is 5.79. The molecule has 0 unspecified atom stereocenters. The minimum absolute atomic E-state index is 0.180. The van der Waals surface area contributed by atoms with Gasteiger partial charge in [-0.05, 0) is 31.0 Å². The molecule has 0 atom stereocenters. The van der Waals surface area contributed by atoms with E-state index in [1.54, 1.807) is 18.5 Å². The Morgan fingerprint density at radius 3 is 2.74 bits per heavy atom. The number of aromatic nitrogens is 4. The quantitative estimate of drug-likeness (QED) is 0.755. The van der Waals surface area contributed by atoms with E-state index < -0.39 is 0 Å². The Kier molecular flexibility index (Phi) is 3.63. The van der Waals surface area contributed by atoms with Crippen molar-refractivity contribution < 1.29 is 5.11 Å². The molecule has 6 nitrogen and oxygen atoms in total. The van der Waals surface area contributed by atoms with Crippen LogP contribution in [-0.4, -0.2) is 44.2 Å². The van der Waals surface area contributed by atoms with E-state index in [1.807, 2.05) is 12.1 Å². The molecule has 0 saturated carbocycles. The number of nitrogens with zero attached hydrogens (tertiary/aromatic N) is 4. The molecule has 2 N–H and O–H groups in total. The maximum atomic E-state index is 9.58.